The van der Waals surface area contributed by atoms with Crippen LogP contribution in [0.4, 0.5) is 0 Å². The zero-order chi connectivity index (χ0) is 17.8. The molecule has 7 heteroatoms. The number of benzene rings is 1. The predicted molar refractivity (Wildman–Crippen MR) is 89.1 cm³/mol. The average Bonchev–Trinajstić information content (AvgIpc) is 3.40. The highest BCUT2D eigenvalue weighted by Crippen LogP contribution is 2.33. The number of aliphatic hydroxyl groups is 1. The number of Topliss-reactive ketones (excluding diaryl/α,β-unsaturated/α-hetero) is 1. The Labute approximate surface area is 145 Å². The van der Waals surface area contributed by atoms with Crippen molar-refractivity contribution in [3.63, 3.8) is 0 Å². The second-order valence-corrected chi connectivity index (χ2v) is 6.00. The van der Waals surface area contributed by atoms with Gasteiger partial charge in [-0.25, -0.2) is 0 Å². The van der Waals surface area contributed by atoms with Gasteiger partial charge in [0.2, 0.25) is 0 Å². The third-order valence-corrected chi connectivity index (χ3v) is 4.14. The van der Waals surface area contributed by atoms with Gasteiger partial charge in [-0.2, -0.15) is 0 Å². The van der Waals surface area contributed by atoms with E-state index in [1.54, 1.807) is 31.4 Å². The molecular weight excluding hydrogens is 326 g/mol. The Bertz CT molecular complexity index is 695. The van der Waals surface area contributed by atoms with E-state index in [2.05, 4.69) is 0 Å². The summed E-state index contributed by atoms with van der Waals surface area (Å²) in [5, 5.41) is 10.5. The fourth-order valence-corrected chi connectivity index (χ4v) is 2.67. The highest BCUT2D eigenvalue weighted by molar-refractivity contribution is 6.28. The predicted octanol–water partition coefficient (Wildman–Crippen LogP) is 1.53. The molecule has 1 aliphatic carbocycles. The van der Waals surface area contributed by atoms with E-state index >= 15 is 0 Å². The zero-order valence-electron chi connectivity index (χ0n) is 14.1. The summed E-state index contributed by atoms with van der Waals surface area (Å²) in [5.74, 6) is -0.564. The highest BCUT2D eigenvalue weighted by Gasteiger charge is 2.43. The summed E-state index contributed by atoms with van der Waals surface area (Å²) in [4.78, 5) is 26.1. The number of aliphatic hydroxyl groups excluding tert-OH is 1. The van der Waals surface area contributed by atoms with E-state index in [1.807, 2.05) is 0 Å². The Morgan fingerprint density at radius 3 is 2.80 bits per heavy atom. The first-order valence-electron chi connectivity index (χ1n) is 8.19. The number of hydrogen-bond acceptors (Lipinski definition) is 6. The maximum absolute atomic E-state index is 12.4. The number of rotatable bonds is 8. The van der Waals surface area contributed by atoms with Crippen molar-refractivity contribution in [2.24, 2.45) is 0 Å². The lowest BCUT2D eigenvalue weighted by Gasteiger charge is -2.12. The van der Waals surface area contributed by atoms with Crippen molar-refractivity contribution in [3.05, 3.63) is 35.4 Å². The van der Waals surface area contributed by atoms with Crippen molar-refractivity contribution in [1.29, 1.82) is 0 Å². The standard InChI is InChI=1S/C18H21NO6/c1-23-7-8-24-11-25-14-4-2-3-12(9-14)17(21)16-15(20)10-19(18(16)22)13-5-6-13/h2-4,9,13,21H,5-8,10-11H2,1H3/b17-16-. The smallest absolute Gasteiger partial charge is 0.262 e. The summed E-state index contributed by atoms with van der Waals surface area (Å²) in [5.41, 5.74) is 0.226. The maximum atomic E-state index is 12.4. The molecule has 2 fully saturated rings. The van der Waals surface area contributed by atoms with Gasteiger partial charge < -0.3 is 24.2 Å². The molecule has 3 rings (SSSR count). The van der Waals surface area contributed by atoms with Crippen molar-refractivity contribution < 1.29 is 28.9 Å². The first-order chi connectivity index (χ1) is 12.1. The molecule has 0 bridgehead atoms. The molecule has 1 aromatic rings. The number of ether oxygens (including phenoxy) is 3. The van der Waals surface area contributed by atoms with Gasteiger partial charge in [0, 0.05) is 18.7 Å². The average molecular weight is 347 g/mol. The van der Waals surface area contributed by atoms with Gasteiger partial charge in [0.05, 0.1) is 19.8 Å². The molecule has 1 aliphatic heterocycles. The van der Waals surface area contributed by atoms with Gasteiger partial charge >= 0.3 is 0 Å². The topological polar surface area (TPSA) is 85.3 Å². The van der Waals surface area contributed by atoms with Gasteiger partial charge in [-0.15, -0.1) is 0 Å². The highest BCUT2D eigenvalue weighted by atomic mass is 16.7. The van der Waals surface area contributed by atoms with E-state index in [0.29, 0.717) is 24.5 Å². The van der Waals surface area contributed by atoms with Gasteiger partial charge in [0.15, 0.2) is 12.6 Å². The van der Waals surface area contributed by atoms with Gasteiger partial charge in [0.25, 0.3) is 5.91 Å². The van der Waals surface area contributed by atoms with Gasteiger partial charge in [0.1, 0.15) is 17.1 Å². The summed E-state index contributed by atoms with van der Waals surface area (Å²) < 4.78 is 15.5. The lowest BCUT2D eigenvalue weighted by Crippen LogP contribution is -2.27. The molecule has 1 N–H and O–H groups in total. The third-order valence-electron chi connectivity index (χ3n) is 4.14. The minimum Gasteiger partial charge on any atom is -0.506 e. The summed E-state index contributed by atoms with van der Waals surface area (Å²) in [6.45, 7) is 0.966. The van der Waals surface area contributed by atoms with Crippen LogP contribution in [0.2, 0.25) is 0 Å². The lowest BCUT2D eigenvalue weighted by atomic mass is 10.1. The molecule has 7 nitrogen and oxygen atoms in total. The first-order valence-corrected chi connectivity index (χ1v) is 8.19. The molecule has 2 aliphatic rings. The normalized spacial score (nSPS) is 19.5. The van der Waals surface area contributed by atoms with Crippen LogP contribution in [0, 0.1) is 0 Å². The van der Waals surface area contributed by atoms with Crippen molar-refractivity contribution in [2.75, 3.05) is 33.7 Å². The van der Waals surface area contributed by atoms with Gasteiger partial charge in [-0.1, -0.05) is 12.1 Å². The molecule has 1 aromatic carbocycles. The molecule has 0 spiro atoms. The Morgan fingerprint density at radius 1 is 1.28 bits per heavy atom. The fraction of sp³-hybridized carbons (Fsp3) is 0.444. The van der Waals surface area contributed by atoms with E-state index in [9.17, 15) is 14.7 Å². The van der Waals surface area contributed by atoms with E-state index < -0.39 is 0 Å². The van der Waals surface area contributed by atoms with Crippen molar-refractivity contribution >= 4 is 17.4 Å². The molecule has 0 aromatic heterocycles. The molecule has 1 saturated heterocycles. The molecule has 0 unspecified atom stereocenters. The number of ketones is 1. The summed E-state index contributed by atoms with van der Waals surface area (Å²) in [7, 11) is 1.58. The van der Waals surface area contributed by atoms with Crippen LogP contribution < -0.4 is 4.74 Å². The van der Waals surface area contributed by atoms with Crippen LogP contribution in [0.25, 0.3) is 5.76 Å². The molecule has 134 valence electrons. The van der Waals surface area contributed by atoms with E-state index in [1.165, 1.54) is 4.90 Å². The lowest BCUT2D eigenvalue weighted by molar-refractivity contribution is -0.125. The Balaban J connectivity index is 1.71. The van der Waals surface area contributed by atoms with Gasteiger partial charge in [-0.05, 0) is 25.0 Å². The van der Waals surface area contributed by atoms with Crippen LogP contribution in [0.15, 0.2) is 29.8 Å². The molecule has 1 amide bonds. The third kappa shape index (κ3) is 4.00. The summed E-state index contributed by atoms with van der Waals surface area (Å²) in [6, 6.07) is 6.72. The molecule has 1 saturated carbocycles. The number of carbonyl (C=O) groups is 2. The monoisotopic (exact) mass is 347 g/mol. The largest absolute Gasteiger partial charge is 0.506 e. The van der Waals surface area contributed by atoms with E-state index in [0.717, 1.165) is 12.8 Å². The Hall–Kier alpha value is -2.38. The summed E-state index contributed by atoms with van der Waals surface area (Å²) >= 11 is 0. The number of nitrogens with zero attached hydrogens (tertiary/aromatic N) is 1. The van der Waals surface area contributed by atoms with Crippen molar-refractivity contribution in [3.8, 4) is 5.75 Å². The Kier molecular flexibility index (Phi) is 5.35. The number of methoxy groups -OCH3 is 1. The number of carbonyl (C=O) groups excluding carboxylic acids is 2. The molecule has 25 heavy (non-hydrogen) atoms. The second-order valence-electron chi connectivity index (χ2n) is 6.00. The van der Waals surface area contributed by atoms with Crippen LogP contribution in [0.3, 0.4) is 0 Å². The van der Waals surface area contributed by atoms with Gasteiger partial charge in [-0.3, -0.25) is 9.59 Å². The number of hydrogen-bond donors (Lipinski definition) is 1. The maximum Gasteiger partial charge on any atom is 0.262 e. The molecule has 0 radical (unpaired) electrons. The minimum atomic E-state index is -0.390. The Morgan fingerprint density at radius 2 is 2.08 bits per heavy atom. The second kappa shape index (κ2) is 7.67. The molecule has 0 atom stereocenters. The molecular formula is C18H21NO6. The number of amides is 1. The van der Waals surface area contributed by atoms with Crippen LogP contribution in [-0.4, -0.2) is 61.4 Å². The van der Waals surface area contributed by atoms with Crippen LogP contribution >= 0.6 is 0 Å². The van der Waals surface area contributed by atoms with Crippen LogP contribution in [0.5, 0.6) is 5.75 Å². The number of likely N-dealkylation sites (tertiary alicyclic amines) is 1. The quantitative estimate of drug-likeness (QED) is 0.252. The van der Waals surface area contributed by atoms with E-state index in [-0.39, 0.29) is 42.4 Å². The SMILES string of the molecule is COCCOCOc1cccc(/C(O)=C2\C(=O)CN(C3CC3)C2=O)c1. The van der Waals surface area contributed by atoms with E-state index in [4.69, 9.17) is 14.2 Å². The fourth-order valence-electron chi connectivity index (χ4n) is 2.67. The van der Waals surface area contributed by atoms with Crippen LogP contribution in [-0.2, 0) is 19.1 Å². The summed E-state index contributed by atoms with van der Waals surface area (Å²) in [6.07, 6.45) is 1.83. The van der Waals surface area contributed by atoms with Crippen molar-refractivity contribution in [2.45, 2.75) is 18.9 Å². The minimum absolute atomic E-state index is 0.0392. The first kappa shape index (κ1) is 17.4. The molecule has 1 heterocycles. The van der Waals surface area contributed by atoms with Crippen LogP contribution in [0.1, 0.15) is 18.4 Å². The van der Waals surface area contributed by atoms with Crippen molar-refractivity contribution in [1.82, 2.24) is 4.90 Å². The zero-order valence-corrected chi connectivity index (χ0v) is 14.1.